The van der Waals surface area contributed by atoms with E-state index in [4.69, 9.17) is 15.2 Å². The first-order chi connectivity index (χ1) is 7.87. The van der Waals surface area contributed by atoms with Gasteiger partial charge in [0.15, 0.2) is 0 Å². The maximum Gasteiger partial charge on any atom is 0.404 e. The van der Waals surface area contributed by atoms with E-state index >= 15 is 0 Å². The van der Waals surface area contributed by atoms with Crippen molar-refractivity contribution in [3.63, 3.8) is 0 Å². The lowest BCUT2D eigenvalue weighted by Gasteiger charge is -2.21. The normalized spacial score (nSPS) is 11.5. The summed E-state index contributed by atoms with van der Waals surface area (Å²) < 4.78 is 9.51. The predicted octanol–water partition coefficient (Wildman–Crippen LogP) is 2.01. The zero-order chi connectivity index (χ0) is 13.3. The van der Waals surface area contributed by atoms with Crippen LogP contribution in [0.2, 0.25) is 0 Å². The number of hydrogen-bond acceptors (Lipinski definition) is 4. The van der Waals surface area contributed by atoms with E-state index in [1.54, 1.807) is 13.0 Å². The highest BCUT2D eigenvalue weighted by atomic mass is 16.5. The van der Waals surface area contributed by atoms with E-state index in [9.17, 15) is 9.59 Å². The van der Waals surface area contributed by atoms with E-state index in [-0.39, 0.29) is 24.4 Å². The summed E-state index contributed by atoms with van der Waals surface area (Å²) in [6.45, 7) is 6.32. The number of rotatable bonds is 7. The Balaban J connectivity index is 3.87. The number of carbonyl (C=O) groups excluding carboxylic acids is 2. The molecule has 0 fully saturated rings. The van der Waals surface area contributed by atoms with Crippen LogP contribution in [-0.4, -0.2) is 25.3 Å². The fourth-order valence-corrected chi connectivity index (χ4v) is 1.13. The quantitative estimate of drug-likeness (QED) is 0.548. The molecule has 0 saturated carbocycles. The van der Waals surface area contributed by atoms with Gasteiger partial charge >= 0.3 is 12.1 Å². The van der Waals surface area contributed by atoms with Crippen molar-refractivity contribution in [1.29, 1.82) is 0 Å². The topological polar surface area (TPSA) is 78.6 Å². The molecule has 17 heavy (non-hydrogen) atoms. The minimum atomic E-state index is -0.770. The summed E-state index contributed by atoms with van der Waals surface area (Å²) in [6, 6.07) is 0. The zero-order valence-electron chi connectivity index (χ0n) is 10.7. The third-order valence-electron chi connectivity index (χ3n) is 2.03. The largest absolute Gasteiger partial charge is 0.466 e. The molecule has 0 rings (SSSR count). The molecule has 0 bridgehead atoms. The van der Waals surface area contributed by atoms with Gasteiger partial charge in [-0.05, 0) is 13.3 Å². The van der Waals surface area contributed by atoms with Gasteiger partial charge in [-0.1, -0.05) is 26.0 Å². The molecule has 0 spiro atoms. The number of amides is 1. The van der Waals surface area contributed by atoms with Gasteiger partial charge in [-0.25, -0.2) is 4.79 Å². The summed E-state index contributed by atoms with van der Waals surface area (Å²) in [5, 5.41) is 0. The highest BCUT2D eigenvalue weighted by molar-refractivity contribution is 5.71. The van der Waals surface area contributed by atoms with E-state index in [2.05, 4.69) is 0 Å². The second kappa shape index (κ2) is 7.70. The number of ether oxygens (including phenoxy) is 2. The molecule has 0 radical (unpaired) electrons. The van der Waals surface area contributed by atoms with Crippen LogP contribution in [0.3, 0.4) is 0 Å². The molecule has 2 N–H and O–H groups in total. The zero-order valence-corrected chi connectivity index (χ0v) is 10.7. The number of primary amides is 1. The fourth-order valence-electron chi connectivity index (χ4n) is 1.13. The molecule has 0 aliphatic carbocycles. The molecule has 0 aromatic rings. The van der Waals surface area contributed by atoms with E-state index in [0.717, 1.165) is 0 Å². The van der Waals surface area contributed by atoms with Crippen LogP contribution in [0.25, 0.3) is 0 Å². The molecule has 1 amide bonds. The molecule has 0 aliphatic heterocycles. The van der Waals surface area contributed by atoms with Crippen LogP contribution in [-0.2, 0) is 14.3 Å². The summed E-state index contributed by atoms with van der Waals surface area (Å²) in [6.07, 6.45) is 3.82. The van der Waals surface area contributed by atoms with Crippen molar-refractivity contribution in [3.05, 3.63) is 12.2 Å². The van der Waals surface area contributed by atoms with Gasteiger partial charge in [-0.15, -0.1) is 0 Å². The van der Waals surface area contributed by atoms with Gasteiger partial charge in [0.1, 0.15) is 0 Å². The lowest BCUT2D eigenvalue weighted by atomic mass is 9.90. The SMILES string of the molecule is CCOC(=O)CC=CCC(C)(C)COC(N)=O. The van der Waals surface area contributed by atoms with Gasteiger partial charge in [0, 0.05) is 5.41 Å². The molecular formula is C12H21NO4. The molecular weight excluding hydrogens is 222 g/mol. The molecule has 98 valence electrons. The van der Waals surface area contributed by atoms with Crippen molar-refractivity contribution in [3.8, 4) is 0 Å². The second-order valence-electron chi connectivity index (χ2n) is 4.46. The van der Waals surface area contributed by atoms with Crippen molar-refractivity contribution in [1.82, 2.24) is 0 Å². The van der Waals surface area contributed by atoms with E-state index in [0.29, 0.717) is 13.0 Å². The average Bonchev–Trinajstić information content (AvgIpc) is 2.22. The van der Waals surface area contributed by atoms with Crippen LogP contribution >= 0.6 is 0 Å². The summed E-state index contributed by atoms with van der Waals surface area (Å²) in [5.74, 6) is -0.241. The Morgan fingerprint density at radius 1 is 1.24 bits per heavy atom. The lowest BCUT2D eigenvalue weighted by Crippen LogP contribution is -2.24. The molecule has 0 aliphatic rings. The van der Waals surface area contributed by atoms with Crippen molar-refractivity contribution in [2.45, 2.75) is 33.6 Å². The molecule has 5 nitrogen and oxygen atoms in total. The Bertz CT molecular complexity index is 284. The van der Waals surface area contributed by atoms with Crippen LogP contribution in [0, 0.1) is 5.41 Å². The number of carbonyl (C=O) groups is 2. The number of nitrogens with two attached hydrogens (primary N) is 1. The van der Waals surface area contributed by atoms with Crippen molar-refractivity contribution >= 4 is 12.1 Å². The van der Waals surface area contributed by atoms with E-state index in [1.165, 1.54) is 0 Å². The van der Waals surface area contributed by atoms with E-state index < -0.39 is 6.09 Å². The van der Waals surface area contributed by atoms with Gasteiger partial charge in [0.25, 0.3) is 0 Å². The Morgan fingerprint density at radius 3 is 2.41 bits per heavy atom. The Hall–Kier alpha value is -1.52. The molecule has 0 unspecified atom stereocenters. The standard InChI is InChI=1S/C12H21NO4/c1-4-16-10(14)7-5-6-8-12(2,3)9-17-11(13)15/h5-6H,4,7-9H2,1-3H3,(H2,13,15). The second-order valence-corrected chi connectivity index (χ2v) is 4.46. The first kappa shape index (κ1) is 15.5. The molecule has 0 heterocycles. The Morgan fingerprint density at radius 2 is 1.88 bits per heavy atom. The third kappa shape index (κ3) is 9.41. The minimum absolute atomic E-state index is 0.194. The van der Waals surface area contributed by atoms with Crippen LogP contribution in [0.5, 0.6) is 0 Å². The number of allylic oxidation sites excluding steroid dienone is 1. The van der Waals surface area contributed by atoms with Gasteiger partial charge in [-0.2, -0.15) is 0 Å². The van der Waals surface area contributed by atoms with Crippen LogP contribution in [0.1, 0.15) is 33.6 Å². The fraction of sp³-hybridized carbons (Fsp3) is 0.667. The predicted molar refractivity (Wildman–Crippen MR) is 64.3 cm³/mol. The van der Waals surface area contributed by atoms with Gasteiger partial charge in [0.2, 0.25) is 0 Å². The molecule has 0 aromatic carbocycles. The maximum atomic E-state index is 11.0. The maximum absolute atomic E-state index is 11.0. The third-order valence-corrected chi connectivity index (χ3v) is 2.03. The molecule has 5 heteroatoms. The van der Waals surface area contributed by atoms with Crippen molar-refractivity contribution in [2.24, 2.45) is 11.1 Å². The summed E-state index contributed by atoms with van der Waals surface area (Å²) in [5.41, 5.74) is 4.69. The van der Waals surface area contributed by atoms with Gasteiger partial charge < -0.3 is 15.2 Å². The number of esters is 1. The molecule has 0 saturated heterocycles. The van der Waals surface area contributed by atoms with Gasteiger partial charge in [0.05, 0.1) is 19.6 Å². The first-order valence-corrected chi connectivity index (χ1v) is 5.60. The van der Waals surface area contributed by atoms with Crippen LogP contribution < -0.4 is 5.73 Å². The highest BCUT2D eigenvalue weighted by Crippen LogP contribution is 2.21. The average molecular weight is 243 g/mol. The monoisotopic (exact) mass is 243 g/mol. The molecule has 0 aromatic heterocycles. The van der Waals surface area contributed by atoms with Gasteiger partial charge in [-0.3, -0.25) is 4.79 Å². The summed E-state index contributed by atoms with van der Waals surface area (Å²) >= 11 is 0. The highest BCUT2D eigenvalue weighted by Gasteiger charge is 2.17. The van der Waals surface area contributed by atoms with E-state index in [1.807, 2.05) is 19.9 Å². The summed E-state index contributed by atoms with van der Waals surface area (Å²) in [7, 11) is 0. The minimum Gasteiger partial charge on any atom is -0.466 e. The Kier molecular flexibility index (Phi) is 7.02. The van der Waals surface area contributed by atoms with Crippen LogP contribution in [0.15, 0.2) is 12.2 Å². The number of hydrogen-bond donors (Lipinski definition) is 1. The lowest BCUT2D eigenvalue weighted by molar-refractivity contribution is -0.142. The smallest absolute Gasteiger partial charge is 0.404 e. The van der Waals surface area contributed by atoms with Crippen molar-refractivity contribution in [2.75, 3.05) is 13.2 Å². The summed E-state index contributed by atoms with van der Waals surface area (Å²) in [4.78, 5) is 21.5. The Labute approximate surface area is 102 Å². The first-order valence-electron chi connectivity index (χ1n) is 5.60. The van der Waals surface area contributed by atoms with Crippen LogP contribution in [0.4, 0.5) is 4.79 Å². The molecule has 0 atom stereocenters. The van der Waals surface area contributed by atoms with Crippen molar-refractivity contribution < 1.29 is 19.1 Å².